The fourth-order valence-electron chi connectivity index (χ4n) is 4.04. The number of piperidine rings is 1. The van der Waals surface area contributed by atoms with Gasteiger partial charge >= 0.3 is 0 Å². The maximum Gasteiger partial charge on any atom is 0.233 e. The quantitative estimate of drug-likeness (QED) is 0.729. The van der Waals surface area contributed by atoms with Crippen molar-refractivity contribution in [1.82, 2.24) is 19.3 Å². The Kier molecular flexibility index (Phi) is 5.21. The number of ether oxygens (including phenoxy) is 1. The van der Waals surface area contributed by atoms with Crippen molar-refractivity contribution in [2.75, 3.05) is 45.6 Å². The van der Waals surface area contributed by atoms with E-state index in [1.54, 1.807) is 0 Å². The van der Waals surface area contributed by atoms with E-state index < -0.39 is 10.0 Å². The van der Waals surface area contributed by atoms with Crippen LogP contribution >= 0.6 is 0 Å². The molecule has 0 spiro atoms. The summed E-state index contributed by atoms with van der Waals surface area (Å²) in [6.07, 6.45) is 4.24. The van der Waals surface area contributed by atoms with Gasteiger partial charge in [-0.2, -0.15) is 4.98 Å². The molecule has 4 rings (SSSR count). The highest BCUT2D eigenvalue weighted by molar-refractivity contribution is 7.88. The molecule has 0 atom stereocenters. The van der Waals surface area contributed by atoms with Crippen LogP contribution in [0.2, 0.25) is 0 Å². The first-order chi connectivity index (χ1) is 12.9. The van der Waals surface area contributed by atoms with Gasteiger partial charge in [0.25, 0.3) is 0 Å². The molecular weight excluding hydrogens is 372 g/mol. The maximum absolute atomic E-state index is 12.5. The normalized spacial score (nSPS) is 24.1. The number of amides is 1. The number of rotatable bonds is 4. The van der Waals surface area contributed by atoms with Gasteiger partial charge in [-0.05, 0) is 25.7 Å². The van der Waals surface area contributed by atoms with E-state index in [1.165, 1.54) is 10.6 Å². The van der Waals surface area contributed by atoms with Gasteiger partial charge in [-0.1, -0.05) is 5.16 Å². The van der Waals surface area contributed by atoms with Crippen LogP contribution in [0.5, 0.6) is 0 Å². The lowest BCUT2D eigenvalue weighted by molar-refractivity contribution is -0.143. The van der Waals surface area contributed by atoms with Gasteiger partial charge in [-0.25, -0.2) is 12.7 Å². The Balaban J connectivity index is 1.29. The van der Waals surface area contributed by atoms with Crippen molar-refractivity contribution in [2.24, 2.45) is 5.92 Å². The topological polar surface area (TPSA) is 106 Å². The van der Waals surface area contributed by atoms with E-state index in [4.69, 9.17) is 9.26 Å². The zero-order valence-corrected chi connectivity index (χ0v) is 16.4. The van der Waals surface area contributed by atoms with Crippen LogP contribution in [0.4, 0.5) is 0 Å². The van der Waals surface area contributed by atoms with Crippen molar-refractivity contribution in [3.63, 3.8) is 0 Å². The van der Waals surface area contributed by atoms with E-state index in [-0.39, 0.29) is 23.7 Å². The molecule has 0 unspecified atom stereocenters. The summed E-state index contributed by atoms with van der Waals surface area (Å²) in [7, 11) is -3.13. The maximum atomic E-state index is 12.5. The van der Waals surface area contributed by atoms with E-state index >= 15 is 0 Å². The Morgan fingerprint density at radius 3 is 2.37 bits per heavy atom. The van der Waals surface area contributed by atoms with Gasteiger partial charge < -0.3 is 14.2 Å². The van der Waals surface area contributed by atoms with Crippen LogP contribution in [0, 0.1) is 5.92 Å². The molecule has 0 saturated carbocycles. The summed E-state index contributed by atoms with van der Waals surface area (Å²) in [4.78, 5) is 18.9. The third-order valence-electron chi connectivity index (χ3n) is 5.86. The Morgan fingerprint density at radius 1 is 1.07 bits per heavy atom. The summed E-state index contributed by atoms with van der Waals surface area (Å²) in [5.41, 5.74) is 0. The summed E-state index contributed by atoms with van der Waals surface area (Å²) < 4.78 is 35.5. The first-order valence-electron chi connectivity index (χ1n) is 9.57. The van der Waals surface area contributed by atoms with E-state index in [2.05, 4.69) is 10.1 Å². The third kappa shape index (κ3) is 4.02. The minimum atomic E-state index is -3.13. The summed E-state index contributed by atoms with van der Waals surface area (Å²) >= 11 is 0. The predicted molar refractivity (Wildman–Crippen MR) is 95.6 cm³/mol. The molecule has 0 bridgehead atoms. The Hall–Kier alpha value is -1.52. The molecule has 1 aromatic rings. The van der Waals surface area contributed by atoms with Crippen LogP contribution in [0.15, 0.2) is 4.52 Å². The molecule has 0 radical (unpaired) electrons. The van der Waals surface area contributed by atoms with E-state index in [9.17, 15) is 13.2 Å². The lowest BCUT2D eigenvalue weighted by Gasteiger charge is -2.39. The fourth-order valence-corrected chi connectivity index (χ4v) is 4.92. The van der Waals surface area contributed by atoms with Crippen molar-refractivity contribution < 1.29 is 22.5 Å². The Labute approximate surface area is 159 Å². The summed E-state index contributed by atoms with van der Waals surface area (Å²) in [6, 6.07) is 0. The van der Waals surface area contributed by atoms with Gasteiger partial charge in [0, 0.05) is 51.2 Å². The van der Waals surface area contributed by atoms with Crippen molar-refractivity contribution in [3.05, 3.63) is 11.7 Å². The molecule has 0 aromatic carbocycles. The number of hydrogen-bond donors (Lipinski definition) is 0. The first-order valence-corrected chi connectivity index (χ1v) is 11.4. The highest BCUT2D eigenvalue weighted by Crippen LogP contribution is 2.32. The lowest BCUT2D eigenvalue weighted by Crippen LogP contribution is -2.51. The summed E-state index contributed by atoms with van der Waals surface area (Å²) in [5.74, 6) is 1.77. The van der Waals surface area contributed by atoms with Gasteiger partial charge in [-0.15, -0.1) is 0 Å². The highest BCUT2D eigenvalue weighted by Gasteiger charge is 2.39. The molecule has 1 aromatic heterocycles. The molecule has 3 aliphatic rings. The average Bonchev–Trinajstić information content (AvgIpc) is 3.10. The molecule has 3 aliphatic heterocycles. The largest absolute Gasteiger partial charge is 0.381 e. The van der Waals surface area contributed by atoms with Crippen molar-refractivity contribution in [2.45, 2.75) is 37.5 Å². The molecule has 3 fully saturated rings. The molecule has 1 amide bonds. The van der Waals surface area contributed by atoms with Gasteiger partial charge in [0.2, 0.25) is 21.8 Å². The predicted octanol–water partition coefficient (Wildman–Crippen LogP) is 0.561. The van der Waals surface area contributed by atoms with E-state index in [1.807, 2.05) is 4.90 Å². The Morgan fingerprint density at radius 2 is 1.74 bits per heavy atom. The first kappa shape index (κ1) is 18.8. The molecular formula is C17H26N4O5S. The van der Waals surface area contributed by atoms with Crippen LogP contribution in [0.25, 0.3) is 0 Å². The minimum absolute atomic E-state index is 0.0815. The van der Waals surface area contributed by atoms with Crippen molar-refractivity contribution in [1.29, 1.82) is 0 Å². The monoisotopic (exact) mass is 398 g/mol. The molecule has 27 heavy (non-hydrogen) atoms. The lowest BCUT2D eigenvalue weighted by atomic mass is 9.93. The number of hydrogen-bond acceptors (Lipinski definition) is 7. The van der Waals surface area contributed by atoms with Crippen LogP contribution in [-0.4, -0.2) is 79.3 Å². The second-order valence-electron chi connectivity index (χ2n) is 7.75. The molecule has 150 valence electrons. The zero-order chi connectivity index (χ0) is 19.0. The zero-order valence-electron chi connectivity index (χ0n) is 15.5. The van der Waals surface area contributed by atoms with Crippen LogP contribution in [0.3, 0.4) is 0 Å². The number of carbonyl (C=O) groups excluding carboxylic acids is 1. The third-order valence-corrected chi connectivity index (χ3v) is 7.16. The van der Waals surface area contributed by atoms with Crippen LogP contribution < -0.4 is 0 Å². The average molecular weight is 398 g/mol. The van der Waals surface area contributed by atoms with Crippen molar-refractivity contribution in [3.8, 4) is 0 Å². The van der Waals surface area contributed by atoms with Gasteiger partial charge in [0.15, 0.2) is 5.82 Å². The number of sulfonamides is 1. The highest BCUT2D eigenvalue weighted by atomic mass is 32.2. The van der Waals surface area contributed by atoms with Crippen LogP contribution in [-0.2, 0) is 19.6 Å². The van der Waals surface area contributed by atoms with E-state index in [0.717, 1.165) is 12.8 Å². The van der Waals surface area contributed by atoms with Crippen molar-refractivity contribution >= 4 is 15.9 Å². The molecule has 4 heterocycles. The van der Waals surface area contributed by atoms with Gasteiger partial charge in [-0.3, -0.25) is 4.79 Å². The second-order valence-corrected chi connectivity index (χ2v) is 9.74. The van der Waals surface area contributed by atoms with Gasteiger partial charge in [0.1, 0.15) is 0 Å². The minimum Gasteiger partial charge on any atom is -0.381 e. The number of carbonyl (C=O) groups is 1. The number of likely N-dealkylation sites (tertiary alicyclic amines) is 1. The smallest absolute Gasteiger partial charge is 0.233 e. The second kappa shape index (κ2) is 7.48. The molecule has 10 heteroatoms. The Bertz CT molecular complexity index is 775. The molecule has 9 nitrogen and oxygen atoms in total. The van der Waals surface area contributed by atoms with Gasteiger partial charge in [0.05, 0.1) is 12.2 Å². The number of aromatic nitrogens is 2. The van der Waals surface area contributed by atoms with E-state index in [0.29, 0.717) is 63.9 Å². The number of nitrogens with zero attached hydrogens (tertiary/aromatic N) is 4. The SMILES string of the molecule is CS(=O)(=O)N1CCC(c2noc(C3CN(C(=O)C4CCOCC4)C3)n2)CC1. The molecule has 0 N–H and O–H groups in total. The standard InChI is InChI=1S/C17H26N4O5S/c1-27(23,24)21-6-2-12(3-7-21)15-18-16(26-19-15)14-10-20(11-14)17(22)13-4-8-25-9-5-13/h12-14H,2-11H2,1H3. The summed E-state index contributed by atoms with van der Waals surface area (Å²) in [5, 5.41) is 4.12. The summed E-state index contributed by atoms with van der Waals surface area (Å²) in [6.45, 7) is 3.57. The van der Waals surface area contributed by atoms with Crippen LogP contribution in [0.1, 0.15) is 49.2 Å². The fraction of sp³-hybridized carbons (Fsp3) is 0.824. The molecule has 0 aliphatic carbocycles. The molecule has 3 saturated heterocycles.